The fraction of sp³-hybridized carbons (Fsp3) is 0.600. The van der Waals surface area contributed by atoms with Crippen LogP contribution in [0.2, 0.25) is 0 Å². The molecule has 0 spiro atoms. The Morgan fingerprint density at radius 2 is 2.05 bits per heavy atom. The van der Waals surface area contributed by atoms with E-state index < -0.39 is 33.2 Å². The molecule has 0 aliphatic carbocycles. The minimum absolute atomic E-state index is 0.0181. The number of aromatic nitrogens is 2. The number of alkyl halides is 3. The average Bonchev–Trinajstić information content (AvgIpc) is 2.61. The molecule has 0 radical (unpaired) electrons. The molecule has 4 N–H and O–H groups in total. The summed E-state index contributed by atoms with van der Waals surface area (Å²) in [6, 6.07) is 0.719. The Labute approximate surface area is 119 Å². The number of hydrazine groups is 1. The maximum absolute atomic E-state index is 12.7. The monoisotopic (exact) mass is 325 g/mol. The van der Waals surface area contributed by atoms with Gasteiger partial charge in [0.05, 0.1) is 17.0 Å². The first-order valence-corrected chi connectivity index (χ1v) is 7.77. The number of nitrogens with two attached hydrogens (primary N) is 1. The zero-order valence-corrected chi connectivity index (χ0v) is 11.8. The van der Waals surface area contributed by atoms with Crippen molar-refractivity contribution in [3.63, 3.8) is 0 Å². The second-order valence-corrected chi connectivity index (χ2v) is 7.32. The number of hydrogen-bond donors (Lipinski definition) is 3. The molecule has 0 amide bonds. The fourth-order valence-electron chi connectivity index (χ4n) is 2.14. The zero-order valence-electron chi connectivity index (χ0n) is 11.0. The summed E-state index contributed by atoms with van der Waals surface area (Å²) in [5, 5.41) is 2.73. The van der Waals surface area contributed by atoms with Crippen LogP contribution in [0.3, 0.4) is 0 Å². The quantitative estimate of drug-likeness (QED) is 0.556. The molecule has 0 bridgehead atoms. The van der Waals surface area contributed by atoms with Crippen LogP contribution in [0.5, 0.6) is 0 Å². The minimum Gasteiger partial charge on any atom is -0.364 e. The van der Waals surface area contributed by atoms with Gasteiger partial charge < -0.3 is 5.32 Å². The van der Waals surface area contributed by atoms with Crippen molar-refractivity contribution in [2.75, 3.05) is 22.2 Å². The molecule has 2 rings (SSSR count). The Balaban J connectivity index is 2.32. The zero-order chi connectivity index (χ0) is 15.9. The van der Waals surface area contributed by atoms with Crippen LogP contribution in [0, 0.1) is 0 Å². The van der Waals surface area contributed by atoms with Gasteiger partial charge in [0, 0.05) is 6.07 Å². The van der Waals surface area contributed by atoms with Gasteiger partial charge in [-0.05, 0) is 13.3 Å². The second-order valence-electron chi connectivity index (χ2n) is 5.13. The minimum atomic E-state index is -4.66. The van der Waals surface area contributed by atoms with Gasteiger partial charge in [0.2, 0.25) is 5.95 Å². The summed E-state index contributed by atoms with van der Waals surface area (Å²) >= 11 is 0. The molecule has 1 aromatic rings. The first-order chi connectivity index (χ1) is 9.53. The van der Waals surface area contributed by atoms with E-state index in [0.29, 0.717) is 0 Å². The fourth-order valence-corrected chi connectivity index (χ4v) is 4.23. The van der Waals surface area contributed by atoms with E-state index in [2.05, 4.69) is 15.3 Å². The average molecular weight is 325 g/mol. The van der Waals surface area contributed by atoms with Crippen molar-refractivity contribution in [2.24, 2.45) is 5.84 Å². The maximum Gasteiger partial charge on any atom is 0.433 e. The van der Waals surface area contributed by atoms with Crippen molar-refractivity contribution < 1.29 is 21.6 Å². The molecule has 118 valence electrons. The van der Waals surface area contributed by atoms with E-state index in [1.807, 2.05) is 5.43 Å². The van der Waals surface area contributed by atoms with Gasteiger partial charge in [-0.3, -0.25) is 5.43 Å². The van der Waals surface area contributed by atoms with Crippen LogP contribution in [-0.2, 0) is 16.0 Å². The summed E-state index contributed by atoms with van der Waals surface area (Å²) < 4.78 is 61.2. The van der Waals surface area contributed by atoms with Gasteiger partial charge in [-0.1, -0.05) is 0 Å². The number of anilines is 2. The Morgan fingerprint density at radius 1 is 1.38 bits per heavy atom. The smallest absolute Gasteiger partial charge is 0.364 e. The normalized spacial score (nSPS) is 24.8. The van der Waals surface area contributed by atoms with Gasteiger partial charge >= 0.3 is 6.18 Å². The third-order valence-electron chi connectivity index (χ3n) is 3.08. The number of rotatable bonds is 3. The van der Waals surface area contributed by atoms with Crippen LogP contribution < -0.4 is 16.6 Å². The molecule has 1 aliphatic rings. The van der Waals surface area contributed by atoms with Crippen molar-refractivity contribution in [1.82, 2.24) is 9.97 Å². The van der Waals surface area contributed by atoms with E-state index in [1.165, 1.54) is 0 Å². The van der Waals surface area contributed by atoms with E-state index >= 15 is 0 Å². The third kappa shape index (κ3) is 3.73. The summed E-state index contributed by atoms with van der Waals surface area (Å²) in [6.45, 7) is 1.61. The lowest BCUT2D eigenvalue weighted by Gasteiger charge is -2.25. The molecule has 21 heavy (non-hydrogen) atoms. The van der Waals surface area contributed by atoms with Crippen LogP contribution in [-0.4, -0.2) is 35.4 Å². The summed E-state index contributed by atoms with van der Waals surface area (Å²) in [5.74, 6) is 4.32. The highest BCUT2D eigenvalue weighted by atomic mass is 32.2. The molecule has 1 atom stereocenters. The van der Waals surface area contributed by atoms with Gasteiger partial charge in [0.15, 0.2) is 15.5 Å². The molecule has 11 heteroatoms. The first-order valence-electron chi connectivity index (χ1n) is 5.95. The van der Waals surface area contributed by atoms with Gasteiger partial charge in [-0.25, -0.2) is 19.2 Å². The molecular formula is C10H14F3N5O2S. The van der Waals surface area contributed by atoms with Crippen LogP contribution in [0.15, 0.2) is 6.07 Å². The molecular weight excluding hydrogens is 311 g/mol. The molecule has 1 saturated heterocycles. The van der Waals surface area contributed by atoms with Gasteiger partial charge in [-0.2, -0.15) is 18.2 Å². The predicted molar refractivity (Wildman–Crippen MR) is 70.1 cm³/mol. The molecule has 0 saturated carbocycles. The lowest BCUT2D eigenvalue weighted by molar-refractivity contribution is -0.141. The van der Waals surface area contributed by atoms with E-state index in [1.54, 1.807) is 6.92 Å². The summed E-state index contributed by atoms with van der Waals surface area (Å²) in [6.07, 6.45) is -4.38. The van der Waals surface area contributed by atoms with E-state index in [9.17, 15) is 21.6 Å². The Morgan fingerprint density at radius 3 is 2.52 bits per heavy atom. The molecule has 1 unspecified atom stereocenters. The van der Waals surface area contributed by atoms with Crippen LogP contribution in [0.4, 0.5) is 24.9 Å². The van der Waals surface area contributed by atoms with Crippen molar-refractivity contribution in [3.05, 3.63) is 11.8 Å². The van der Waals surface area contributed by atoms with Crippen LogP contribution in [0.1, 0.15) is 19.0 Å². The van der Waals surface area contributed by atoms with Gasteiger partial charge in [0.1, 0.15) is 5.82 Å². The maximum atomic E-state index is 12.7. The van der Waals surface area contributed by atoms with E-state index in [4.69, 9.17) is 5.84 Å². The van der Waals surface area contributed by atoms with Crippen molar-refractivity contribution in [2.45, 2.75) is 25.1 Å². The Kier molecular flexibility index (Phi) is 3.74. The van der Waals surface area contributed by atoms with E-state index in [0.717, 1.165) is 6.07 Å². The molecule has 1 fully saturated rings. The third-order valence-corrected chi connectivity index (χ3v) is 4.98. The number of halogens is 3. The second kappa shape index (κ2) is 4.98. The standard InChI is InChI=1S/C10H14F3N5O2S/c1-9(2-3-21(19,20)5-9)17-7-4-6(10(11,12)13)15-8(16-7)18-14/h4H,2-3,5,14H2,1H3,(H2,15,16,17,18). The first kappa shape index (κ1) is 15.8. The Bertz CT molecular complexity index is 649. The summed E-state index contributed by atoms with van der Waals surface area (Å²) in [4.78, 5) is 6.99. The van der Waals surface area contributed by atoms with Gasteiger partial charge in [0.25, 0.3) is 0 Å². The predicted octanol–water partition coefficient (Wildman–Crippen LogP) is 0.770. The number of hydrogen-bond acceptors (Lipinski definition) is 7. The molecule has 1 aromatic heterocycles. The summed E-state index contributed by atoms with van der Waals surface area (Å²) in [7, 11) is -3.20. The van der Waals surface area contributed by atoms with Crippen molar-refractivity contribution in [3.8, 4) is 0 Å². The van der Waals surface area contributed by atoms with Crippen LogP contribution in [0.25, 0.3) is 0 Å². The molecule has 2 heterocycles. The van der Waals surface area contributed by atoms with Gasteiger partial charge in [-0.15, -0.1) is 0 Å². The molecule has 1 aliphatic heterocycles. The number of nitrogen functional groups attached to an aromatic ring is 1. The number of sulfone groups is 1. The van der Waals surface area contributed by atoms with Crippen molar-refractivity contribution in [1.29, 1.82) is 0 Å². The molecule has 0 aromatic carbocycles. The molecule has 7 nitrogen and oxygen atoms in total. The SMILES string of the molecule is CC1(Nc2cc(C(F)(F)F)nc(NN)n2)CCS(=O)(=O)C1. The van der Waals surface area contributed by atoms with Crippen molar-refractivity contribution >= 4 is 21.6 Å². The topological polar surface area (TPSA) is 110 Å². The van der Waals surface area contributed by atoms with Crippen LogP contribution >= 0.6 is 0 Å². The number of nitrogens with zero attached hydrogens (tertiary/aromatic N) is 2. The Hall–Kier alpha value is -1.62. The highest BCUT2D eigenvalue weighted by Crippen LogP contribution is 2.32. The lowest BCUT2D eigenvalue weighted by Crippen LogP contribution is -2.36. The van der Waals surface area contributed by atoms with E-state index in [-0.39, 0.29) is 23.7 Å². The highest BCUT2D eigenvalue weighted by molar-refractivity contribution is 7.91. The lowest BCUT2D eigenvalue weighted by atomic mass is 10.0. The largest absolute Gasteiger partial charge is 0.433 e. The summed E-state index contributed by atoms with van der Waals surface area (Å²) in [5.41, 5.74) is -0.0891. The highest BCUT2D eigenvalue weighted by Gasteiger charge is 2.39. The number of nitrogens with one attached hydrogen (secondary N) is 2.